The first-order valence-corrected chi connectivity index (χ1v) is 8.73. The molecule has 2 N–H and O–H groups in total. The molecule has 1 saturated heterocycles. The molecule has 0 radical (unpaired) electrons. The largest absolute Gasteiger partial charge is 0.440 e. The van der Waals surface area contributed by atoms with Gasteiger partial charge in [0.1, 0.15) is 0 Å². The maximum absolute atomic E-state index is 13.9. The van der Waals surface area contributed by atoms with E-state index in [0.717, 1.165) is 11.6 Å². The fourth-order valence-corrected chi connectivity index (χ4v) is 3.04. The molecule has 1 atom stereocenters. The number of anilines is 1. The highest BCUT2D eigenvalue weighted by atomic mass is 35.5. The zero-order chi connectivity index (χ0) is 21.6. The number of nitrogens with one attached hydrogen (secondary N) is 2. The molecule has 6 nitrogen and oxygen atoms in total. The summed E-state index contributed by atoms with van der Waals surface area (Å²) in [5, 5.41) is 3.36. The third-order valence-corrected chi connectivity index (χ3v) is 4.82. The van der Waals surface area contributed by atoms with E-state index in [1.54, 1.807) is 30.5 Å². The summed E-state index contributed by atoms with van der Waals surface area (Å²) in [5.41, 5.74) is -2.35. The van der Waals surface area contributed by atoms with Crippen LogP contribution in [0, 0.1) is 13.8 Å². The Kier molecular flexibility index (Phi) is 5.04. The van der Waals surface area contributed by atoms with Crippen LogP contribution in [0.1, 0.15) is 21.5 Å². The maximum Gasteiger partial charge on any atom is 0.440 e. The Balaban J connectivity index is 2.02. The normalized spacial score (nSPS) is 19.3. The quantitative estimate of drug-likeness (QED) is 0.736. The summed E-state index contributed by atoms with van der Waals surface area (Å²) in [6.45, 7) is 3.46. The van der Waals surface area contributed by atoms with Crippen molar-refractivity contribution in [1.82, 2.24) is 10.6 Å². The zero-order valence-electron chi connectivity index (χ0n) is 15.2. The number of alkyl halides is 3. The molecule has 0 unspecified atom stereocenters. The summed E-state index contributed by atoms with van der Waals surface area (Å²) in [7, 11) is 0. The molecular weight excluding hydrogens is 411 g/mol. The number of rotatable bonds is 3. The smallest absolute Gasteiger partial charge is 0.314 e. The molecule has 1 aliphatic rings. The van der Waals surface area contributed by atoms with E-state index in [0.29, 0.717) is 10.5 Å². The molecule has 0 spiro atoms. The Bertz CT molecular complexity index is 1030. The molecule has 1 aliphatic heterocycles. The number of carbonyl (C=O) groups is 3. The van der Waals surface area contributed by atoms with Crippen LogP contribution in [0.25, 0.3) is 0 Å². The first kappa shape index (κ1) is 20.7. The Morgan fingerprint density at radius 2 is 1.79 bits per heavy atom. The Morgan fingerprint density at radius 1 is 1.10 bits per heavy atom. The Hall–Kier alpha value is -3.07. The van der Waals surface area contributed by atoms with Crippen LogP contribution < -0.4 is 15.5 Å². The summed E-state index contributed by atoms with van der Waals surface area (Å²) >= 11 is 5.77. The number of amides is 4. The van der Waals surface area contributed by atoms with Crippen molar-refractivity contribution < 1.29 is 27.6 Å². The minimum atomic E-state index is -5.30. The van der Waals surface area contributed by atoms with Gasteiger partial charge in [-0.05, 0) is 55.3 Å². The van der Waals surface area contributed by atoms with E-state index in [-0.39, 0.29) is 16.3 Å². The van der Waals surface area contributed by atoms with Crippen LogP contribution in [0.15, 0.2) is 42.5 Å². The first-order valence-electron chi connectivity index (χ1n) is 8.35. The molecule has 0 saturated carbocycles. The van der Waals surface area contributed by atoms with Crippen molar-refractivity contribution in [2.24, 2.45) is 0 Å². The third-order valence-electron chi connectivity index (χ3n) is 4.58. The van der Waals surface area contributed by atoms with Crippen molar-refractivity contribution in [1.29, 1.82) is 0 Å². The highest BCUT2D eigenvalue weighted by Crippen LogP contribution is 2.36. The number of hydrogen-bond donors (Lipinski definition) is 2. The second-order valence-electron chi connectivity index (χ2n) is 6.55. The van der Waals surface area contributed by atoms with Crippen LogP contribution in [0.2, 0.25) is 5.02 Å². The topological polar surface area (TPSA) is 78.5 Å². The fourth-order valence-electron chi connectivity index (χ4n) is 2.85. The molecule has 2 aromatic carbocycles. The Labute approximate surface area is 168 Å². The summed E-state index contributed by atoms with van der Waals surface area (Å²) in [5.74, 6) is -2.88. The summed E-state index contributed by atoms with van der Waals surface area (Å²) in [6, 6.07) is 8.21. The second kappa shape index (κ2) is 7.07. The summed E-state index contributed by atoms with van der Waals surface area (Å²) in [6.07, 6.45) is -5.30. The number of hydrogen-bond acceptors (Lipinski definition) is 3. The lowest BCUT2D eigenvalue weighted by atomic mass is 10.1. The van der Waals surface area contributed by atoms with Gasteiger partial charge in [0.25, 0.3) is 17.5 Å². The van der Waals surface area contributed by atoms with Crippen LogP contribution >= 0.6 is 11.6 Å². The highest BCUT2D eigenvalue weighted by Gasteiger charge is 2.69. The molecule has 10 heteroatoms. The van der Waals surface area contributed by atoms with Crippen molar-refractivity contribution in [3.8, 4) is 0 Å². The van der Waals surface area contributed by atoms with Crippen LogP contribution in [0.3, 0.4) is 0 Å². The van der Waals surface area contributed by atoms with E-state index in [9.17, 15) is 27.6 Å². The number of nitrogens with zero attached hydrogens (tertiary/aromatic N) is 1. The molecule has 1 fully saturated rings. The van der Waals surface area contributed by atoms with Crippen LogP contribution in [-0.4, -0.2) is 29.7 Å². The monoisotopic (exact) mass is 425 g/mol. The molecule has 2 aromatic rings. The van der Waals surface area contributed by atoms with Gasteiger partial charge in [0.05, 0.1) is 5.69 Å². The summed E-state index contributed by atoms with van der Waals surface area (Å²) < 4.78 is 41.8. The highest BCUT2D eigenvalue weighted by molar-refractivity contribution is 6.31. The molecule has 0 aromatic heterocycles. The van der Waals surface area contributed by atoms with Gasteiger partial charge in [0.15, 0.2) is 0 Å². The van der Waals surface area contributed by atoms with Gasteiger partial charge in [0, 0.05) is 10.6 Å². The number of halogens is 4. The van der Waals surface area contributed by atoms with Crippen molar-refractivity contribution in [2.45, 2.75) is 25.7 Å². The van der Waals surface area contributed by atoms with Crippen molar-refractivity contribution in [3.05, 3.63) is 64.2 Å². The lowest BCUT2D eigenvalue weighted by molar-refractivity contribution is -0.197. The van der Waals surface area contributed by atoms with Crippen LogP contribution in [-0.2, 0) is 4.79 Å². The average molecular weight is 426 g/mol. The van der Waals surface area contributed by atoms with Gasteiger partial charge in [-0.2, -0.15) is 13.2 Å². The first-order chi connectivity index (χ1) is 13.5. The third kappa shape index (κ3) is 3.53. The predicted molar refractivity (Wildman–Crippen MR) is 99.6 cm³/mol. The number of carbonyl (C=O) groups excluding carboxylic acids is 3. The SMILES string of the molecule is Cc1ccc(N2C(=O)N[C@@](NC(=O)c3cccc(Cl)c3)(C(F)(F)F)C2=O)cc1C. The van der Waals surface area contributed by atoms with Gasteiger partial charge in [-0.25, -0.2) is 9.69 Å². The molecule has 29 heavy (non-hydrogen) atoms. The number of imide groups is 1. The van der Waals surface area contributed by atoms with E-state index in [1.807, 2.05) is 0 Å². The molecule has 3 rings (SSSR count). The van der Waals surface area contributed by atoms with Gasteiger partial charge in [-0.3, -0.25) is 14.9 Å². The maximum atomic E-state index is 13.9. The van der Waals surface area contributed by atoms with Gasteiger partial charge >= 0.3 is 12.2 Å². The minimum Gasteiger partial charge on any atom is -0.314 e. The van der Waals surface area contributed by atoms with Crippen molar-refractivity contribution in [2.75, 3.05) is 4.90 Å². The molecule has 4 amide bonds. The molecule has 0 aliphatic carbocycles. The van der Waals surface area contributed by atoms with E-state index in [2.05, 4.69) is 0 Å². The zero-order valence-corrected chi connectivity index (χ0v) is 16.0. The van der Waals surface area contributed by atoms with Gasteiger partial charge in [0.2, 0.25) is 0 Å². The number of aryl methyl sites for hydroxylation is 2. The van der Waals surface area contributed by atoms with Gasteiger partial charge in [-0.15, -0.1) is 0 Å². The van der Waals surface area contributed by atoms with E-state index < -0.39 is 29.7 Å². The molecule has 1 heterocycles. The minimum absolute atomic E-state index is 0.0428. The van der Waals surface area contributed by atoms with Gasteiger partial charge in [-0.1, -0.05) is 23.7 Å². The standard InChI is InChI=1S/C19H15ClF3N3O3/c1-10-6-7-14(8-11(10)2)26-16(28)18(19(21,22)23,25-17(26)29)24-15(27)12-4-3-5-13(20)9-12/h3-9H,1-2H3,(H,24,27)(H,25,29)/t18-/m1/s1. The number of benzene rings is 2. The number of urea groups is 1. The van der Waals surface area contributed by atoms with Gasteiger partial charge < -0.3 is 5.32 Å². The van der Waals surface area contributed by atoms with Crippen LogP contribution in [0.5, 0.6) is 0 Å². The van der Waals surface area contributed by atoms with E-state index in [1.165, 1.54) is 30.3 Å². The Morgan fingerprint density at radius 3 is 2.38 bits per heavy atom. The predicted octanol–water partition coefficient (Wildman–Crippen LogP) is 3.70. The second-order valence-corrected chi connectivity index (χ2v) is 6.99. The van der Waals surface area contributed by atoms with Crippen LogP contribution in [0.4, 0.5) is 23.7 Å². The fraction of sp³-hybridized carbons (Fsp3) is 0.211. The average Bonchev–Trinajstić information content (AvgIpc) is 2.88. The molecule has 0 bridgehead atoms. The molecular formula is C19H15ClF3N3O3. The van der Waals surface area contributed by atoms with E-state index >= 15 is 0 Å². The lowest BCUT2D eigenvalue weighted by Gasteiger charge is -2.29. The van der Waals surface area contributed by atoms with E-state index in [4.69, 9.17) is 11.6 Å². The summed E-state index contributed by atoms with van der Waals surface area (Å²) in [4.78, 5) is 37.9. The van der Waals surface area contributed by atoms with Crippen molar-refractivity contribution >= 4 is 35.1 Å². The molecule has 152 valence electrons. The lowest BCUT2D eigenvalue weighted by Crippen LogP contribution is -2.69. The van der Waals surface area contributed by atoms with Crippen molar-refractivity contribution in [3.63, 3.8) is 0 Å².